The standard InChI is InChI=1S/C30H40N10O2/c1-18(2)14-24(39-30(33)34)27(41)38-21-8-9-25-20(15-21)16-26(40(25)13-5-11-36-29(31)32)28(42)35-12-10-19-17-37-23-7-4-3-6-22(19)23/h3-4,6-9,15-18,24,37H,5,10-14H2,1-2H3,(H,35,42)(H,38,41)(H4,31,32,36)(H4,33,34,39)/t24-/m0/s1. The number of fused-ring (bicyclic) bond motifs is 2. The fourth-order valence-electron chi connectivity index (χ4n) is 5.02. The Morgan fingerprint density at radius 3 is 2.55 bits per heavy atom. The predicted molar refractivity (Wildman–Crippen MR) is 169 cm³/mol. The van der Waals surface area contributed by atoms with Gasteiger partial charge in [0.25, 0.3) is 5.91 Å². The molecule has 11 N–H and O–H groups in total. The number of H-pyrrole nitrogens is 1. The molecule has 0 saturated heterocycles. The van der Waals surface area contributed by atoms with Crippen molar-refractivity contribution in [3.05, 3.63) is 66.0 Å². The number of benzene rings is 2. The number of carbonyl (C=O) groups is 2. The molecule has 12 heteroatoms. The molecule has 1 atom stereocenters. The van der Waals surface area contributed by atoms with E-state index >= 15 is 0 Å². The van der Waals surface area contributed by atoms with Gasteiger partial charge in [-0.25, -0.2) is 4.99 Å². The maximum atomic E-state index is 13.4. The van der Waals surface area contributed by atoms with Crippen LogP contribution in [0.5, 0.6) is 0 Å². The molecular formula is C30H40N10O2. The fraction of sp³-hybridized carbons (Fsp3) is 0.333. The molecule has 0 unspecified atom stereocenters. The zero-order valence-electron chi connectivity index (χ0n) is 24.1. The number of nitrogens with two attached hydrogens (primary N) is 4. The molecule has 2 amide bonds. The molecule has 0 bridgehead atoms. The van der Waals surface area contributed by atoms with Crippen LogP contribution in [0, 0.1) is 5.92 Å². The number of aliphatic imine (C=N–C) groups is 2. The Labute approximate surface area is 244 Å². The molecule has 2 aromatic carbocycles. The van der Waals surface area contributed by atoms with Gasteiger partial charge in [0, 0.05) is 53.3 Å². The van der Waals surface area contributed by atoms with E-state index in [9.17, 15) is 9.59 Å². The quantitative estimate of drug-likeness (QED) is 0.0726. The Balaban J connectivity index is 1.54. The molecule has 0 spiro atoms. The minimum atomic E-state index is -0.704. The number of hydrogen-bond donors (Lipinski definition) is 7. The second kappa shape index (κ2) is 13.6. The molecule has 0 aliphatic carbocycles. The molecule has 42 heavy (non-hydrogen) atoms. The molecule has 12 nitrogen and oxygen atoms in total. The first-order chi connectivity index (χ1) is 20.1. The molecule has 0 aliphatic heterocycles. The number of rotatable bonds is 13. The third kappa shape index (κ3) is 7.59. The highest BCUT2D eigenvalue weighted by Crippen LogP contribution is 2.25. The third-order valence-corrected chi connectivity index (χ3v) is 6.89. The number of nitrogens with one attached hydrogen (secondary N) is 3. The van der Waals surface area contributed by atoms with Crippen molar-refractivity contribution in [3.63, 3.8) is 0 Å². The number of carbonyl (C=O) groups excluding carboxylic acids is 2. The number of guanidine groups is 2. The minimum absolute atomic E-state index is 0.0273. The Morgan fingerprint density at radius 2 is 1.81 bits per heavy atom. The van der Waals surface area contributed by atoms with E-state index in [4.69, 9.17) is 22.9 Å². The zero-order valence-corrected chi connectivity index (χ0v) is 24.1. The van der Waals surface area contributed by atoms with Gasteiger partial charge in [0.2, 0.25) is 5.91 Å². The second-order valence-corrected chi connectivity index (χ2v) is 10.7. The van der Waals surface area contributed by atoms with E-state index in [2.05, 4.69) is 31.7 Å². The Kier molecular flexibility index (Phi) is 9.69. The van der Waals surface area contributed by atoms with Crippen molar-refractivity contribution in [1.29, 1.82) is 0 Å². The molecule has 0 aliphatic rings. The lowest BCUT2D eigenvalue weighted by Gasteiger charge is -2.15. The summed E-state index contributed by atoms with van der Waals surface area (Å²) in [7, 11) is 0. The molecule has 0 radical (unpaired) electrons. The van der Waals surface area contributed by atoms with Crippen molar-refractivity contribution in [1.82, 2.24) is 14.9 Å². The van der Waals surface area contributed by atoms with Gasteiger partial charge in [-0.3, -0.25) is 14.6 Å². The third-order valence-electron chi connectivity index (χ3n) is 6.89. The number of para-hydroxylation sites is 1. The number of aromatic amines is 1. The Morgan fingerprint density at radius 1 is 1.02 bits per heavy atom. The van der Waals surface area contributed by atoms with Gasteiger partial charge in [-0.1, -0.05) is 32.0 Å². The molecule has 222 valence electrons. The normalized spacial score (nSPS) is 11.9. The number of anilines is 1. The monoisotopic (exact) mass is 572 g/mol. The van der Waals surface area contributed by atoms with Gasteiger partial charge in [-0.2, -0.15) is 0 Å². The molecule has 0 fully saturated rings. The first kappa shape index (κ1) is 30.0. The van der Waals surface area contributed by atoms with Crippen molar-refractivity contribution in [2.24, 2.45) is 38.8 Å². The van der Waals surface area contributed by atoms with Crippen LogP contribution in [0.4, 0.5) is 5.69 Å². The van der Waals surface area contributed by atoms with Crippen molar-refractivity contribution in [3.8, 4) is 0 Å². The average molecular weight is 573 g/mol. The number of amides is 2. The van der Waals surface area contributed by atoms with Crippen LogP contribution in [0.25, 0.3) is 21.8 Å². The van der Waals surface area contributed by atoms with Gasteiger partial charge in [0.1, 0.15) is 11.7 Å². The summed E-state index contributed by atoms with van der Waals surface area (Å²) in [5.41, 5.74) is 26.2. The van der Waals surface area contributed by atoms with Gasteiger partial charge < -0.3 is 43.1 Å². The van der Waals surface area contributed by atoms with Gasteiger partial charge in [-0.05, 0) is 61.1 Å². The van der Waals surface area contributed by atoms with E-state index in [-0.39, 0.29) is 29.7 Å². The summed E-state index contributed by atoms with van der Waals surface area (Å²) in [6.07, 6.45) is 3.79. The van der Waals surface area contributed by atoms with E-state index in [0.717, 1.165) is 27.4 Å². The van der Waals surface area contributed by atoms with Crippen LogP contribution in [0.2, 0.25) is 0 Å². The van der Waals surface area contributed by atoms with E-state index in [1.165, 1.54) is 0 Å². The molecule has 2 aromatic heterocycles. The first-order valence-electron chi connectivity index (χ1n) is 14.0. The molecule has 2 heterocycles. The van der Waals surface area contributed by atoms with E-state index in [0.29, 0.717) is 50.3 Å². The first-order valence-corrected chi connectivity index (χ1v) is 14.0. The van der Waals surface area contributed by atoms with Crippen molar-refractivity contribution < 1.29 is 9.59 Å². The summed E-state index contributed by atoms with van der Waals surface area (Å²) in [6.45, 7) is 5.42. The summed E-state index contributed by atoms with van der Waals surface area (Å²) in [6, 6.07) is 14.7. The predicted octanol–water partition coefficient (Wildman–Crippen LogP) is 2.39. The summed E-state index contributed by atoms with van der Waals surface area (Å²) < 4.78 is 1.95. The summed E-state index contributed by atoms with van der Waals surface area (Å²) >= 11 is 0. The maximum Gasteiger partial charge on any atom is 0.267 e. The number of nitrogens with zero attached hydrogens (tertiary/aromatic N) is 3. The topological polar surface area (TPSA) is 208 Å². The molecular weight excluding hydrogens is 532 g/mol. The van der Waals surface area contributed by atoms with E-state index in [1.54, 1.807) is 6.07 Å². The van der Waals surface area contributed by atoms with Crippen LogP contribution >= 0.6 is 0 Å². The van der Waals surface area contributed by atoms with Crippen molar-refractivity contribution >= 4 is 51.2 Å². The van der Waals surface area contributed by atoms with Gasteiger partial charge in [0.05, 0.1) is 0 Å². The summed E-state index contributed by atoms with van der Waals surface area (Å²) in [5.74, 6) is -0.383. The van der Waals surface area contributed by atoms with Gasteiger partial charge in [-0.15, -0.1) is 0 Å². The van der Waals surface area contributed by atoms with E-state index in [1.807, 2.05) is 61.0 Å². The highest BCUT2D eigenvalue weighted by Gasteiger charge is 2.21. The van der Waals surface area contributed by atoms with Crippen molar-refractivity contribution in [2.75, 3.05) is 18.4 Å². The lowest BCUT2D eigenvalue weighted by Crippen LogP contribution is -2.33. The SMILES string of the molecule is CC(C)C[C@H](N=C(N)N)C(=O)Nc1ccc2c(c1)cc(C(=O)NCCc1c[nH]c3ccccc13)n2CCCN=C(N)N. The van der Waals surface area contributed by atoms with Gasteiger partial charge >= 0.3 is 0 Å². The van der Waals surface area contributed by atoms with Crippen LogP contribution in [0.15, 0.2) is 64.7 Å². The largest absolute Gasteiger partial charge is 0.370 e. The highest BCUT2D eigenvalue weighted by atomic mass is 16.2. The fourth-order valence-corrected chi connectivity index (χ4v) is 5.02. The second-order valence-electron chi connectivity index (χ2n) is 10.7. The van der Waals surface area contributed by atoms with Crippen LogP contribution in [0.3, 0.4) is 0 Å². The summed E-state index contributed by atoms with van der Waals surface area (Å²) in [5, 5.41) is 7.93. The Bertz CT molecular complexity index is 1610. The lowest BCUT2D eigenvalue weighted by atomic mass is 10.0. The lowest BCUT2D eigenvalue weighted by molar-refractivity contribution is -0.117. The maximum absolute atomic E-state index is 13.4. The van der Waals surface area contributed by atoms with Crippen LogP contribution in [0.1, 0.15) is 42.7 Å². The van der Waals surface area contributed by atoms with E-state index < -0.39 is 6.04 Å². The van der Waals surface area contributed by atoms with Crippen LogP contribution in [-0.2, 0) is 17.8 Å². The average Bonchev–Trinajstić information content (AvgIpc) is 3.51. The zero-order chi connectivity index (χ0) is 30.2. The molecule has 4 rings (SSSR count). The number of hydrogen-bond acceptors (Lipinski definition) is 4. The summed E-state index contributed by atoms with van der Waals surface area (Å²) in [4.78, 5) is 37.8. The van der Waals surface area contributed by atoms with Crippen LogP contribution in [-0.4, -0.2) is 52.4 Å². The van der Waals surface area contributed by atoms with Crippen molar-refractivity contribution in [2.45, 2.75) is 45.7 Å². The number of aromatic nitrogens is 2. The number of aryl methyl sites for hydroxylation is 1. The highest BCUT2D eigenvalue weighted by molar-refractivity contribution is 6.01. The minimum Gasteiger partial charge on any atom is -0.370 e. The van der Waals surface area contributed by atoms with Crippen LogP contribution < -0.4 is 33.6 Å². The smallest absolute Gasteiger partial charge is 0.267 e. The Hall–Kier alpha value is -5.00. The molecule has 4 aromatic rings. The van der Waals surface area contributed by atoms with Gasteiger partial charge in [0.15, 0.2) is 11.9 Å². The molecule has 0 saturated carbocycles.